The van der Waals surface area contributed by atoms with Gasteiger partial charge in [0.05, 0.1) is 6.04 Å². The summed E-state index contributed by atoms with van der Waals surface area (Å²) in [5, 5.41) is 2.86. The first kappa shape index (κ1) is 20.0. The number of rotatable bonds is 4. The molecule has 1 atom stereocenters. The van der Waals surface area contributed by atoms with E-state index in [0.29, 0.717) is 11.5 Å². The largest absolute Gasteiger partial charge is 0.331 e. The number of urea groups is 1. The number of carbonyl (C=O) groups is 1. The zero-order valence-electron chi connectivity index (χ0n) is 16.3. The van der Waals surface area contributed by atoms with E-state index >= 15 is 0 Å². The van der Waals surface area contributed by atoms with Crippen LogP contribution in [-0.4, -0.2) is 73.6 Å². The highest BCUT2D eigenvalue weighted by Gasteiger charge is 2.26. The zero-order valence-corrected chi connectivity index (χ0v) is 16.3. The molecule has 1 N–H and O–H groups in total. The Morgan fingerprint density at radius 2 is 1.67 bits per heavy atom. The molecule has 0 saturated carbocycles. The van der Waals surface area contributed by atoms with Gasteiger partial charge in [-0.15, -0.1) is 0 Å². The van der Waals surface area contributed by atoms with E-state index in [1.165, 1.54) is 12.1 Å². The molecule has 0 spiro atoms. The lowest BCUT2D eigenvalue weighted by Crippen LogP contribution is -2.49. The van der Waals surface area contributed by atoms with E-state index in [-0.39, 0.29) is 6.03 Å². The molecule has 3 rings (SSSR count). The second-order valence-corrected chi connectivity index (χ2v) is 7.91. The third-order valence-electron chi connectivity index (χ3n) is 5.74. The molecule has 0 bridgehead atoms. The van der Waals surface area contributed by atoms with Gasteiger partial charge in [0.2, 0.25) is 0 Å². The molecule has 27 heavy (non-hydrogen) atoms. The highest BCUT2D eigenvalue weighted by molar-refractivity contribution is 5.74. The average Bonchev–Trinajstić information content (AvgIpc) is 2.63. The molecule has 150 valence electrons. The maximum absolute atomic E-state index is 13.4. The van der Waals surface area contributed by atoms with Crippen molar-refractivity contribution in [2.45, 2.75) is 25.8 Å². The van der Waals surface area contributed by atoms with Crippen LogP contribution in [-0.2, 0) is 0 Å². The minimum Gasteiger partial charge on any atom is -0.331 e. The Labute approximate surface area is 160 Å². The molecule has 1 aromatic rings. The second kappa shape index (κ2) is 8.97. The fourth-order valence-electron chi connectivity index (χ4n) is 3.90. The van der Waals surface area contributed by atoms with Crippen molar-refractivity contribution < 1.29 is 13.6 Å². The summed E-state index contributed by atoms with van der Waals surface area (Å²) in [6.45, 7) is 8.81. The number of hydrogen-bond donors (Lipinski definition) is 1. The smallest absolute Gasteiger partial charge is 0.317 e. The van der Waals surface area contributed by atoms with Crippen molar-refractivity contribution in [3.63, 3.8) is 0 Å². The van der Waals surface area contributed by atoms with Crippen molar-refractivity contribution in [2.24, 2.45) is 5.92 Å². The van der Waals surface area contributed by atoms with Gasteiger partial charge in [-0.25, -0.2) is 13.6 Å². The van der Waals surface area contributed by atoms with Crippen molar-refractivity contribution in [1.29, 1.82) is 0 Å². The number of amides is 2. The Kier molecular flexibility index (Phi) is 6.65. The molecule has 1 aromatic carbocycles. The molecule has 2 saturated heterocycles. The fourth-order valence-corrected chi connectivity index (χ4v) is 3.90. The van der Waals surface area contributed by atoms with Gasteiger partial charge in [0.15, 0.2) is 0 Å². The normalized spacial score (nSPS) is 21.3. The summed E-state index contributed by atoms with van der Waals surface area (Å²) in [6.07, 6.45) is 2.01. The van der Waals surface area contributed by atoms with E-state index in [1.807, 2.05) is 4.90 Å². The van der Waals surface area contributed by atoms with E-state index < -0.39 is 17.7 Å². The monoisotopic (exact) mass is 380 g/mol. The molecule has 0 aromatic heterocycles. The molecule has 2 aliphatic heterocycles. The molecule has 0 unspecified atom stereocenters. The van der Waals surface area contributed by atoms with Crippen LogP contribution >= 0.6 is 0 Å². The van der Waals surface area contributed by atoms with Crippen LogP contribution < -0.4 is 5.32 Å². The maximum atomic E-state index is 13.4. The van der Waals surface area contributed by atoms with Crippen LogP contribution in [0.15, 0.2) is 18.2 Å². The molecule has 2 fully saturated rings. The molecule has 0 aliphatic carbocycles. The molecule has 2 amide bonds. The Balaban J connectivity index is 1.44. The Hall–Kier alpha value is -1.73. The van der Waals surface area contributed by atoms with E-state index in [1.54, 1.807) is 6.92 Å². The summed E-state index contributed by atoms with van der Waals surface area (Å²) in [5.74, 6) is -0.626. The number of hydrogen-bond acceptors (Lipinski definition) is 3. The van der Waals surface area contributed by atoms with E-state index in [9.17, 15) is 13.6 Å². The molecular weight excluding hydrogens is 350 g/mol. The fraction of sp³-hybridized carbons (Fsp3) is 0.650. The van der Waals surface area contributed by atoms with Crippen LogP contribution in [0.4, 0.5) is 13.6 Å². The van der Waals surface area contributed by atoms with Gasteiger partial charge >= 0.3 is 6.03 Å². The molecule has 2 heterocycles. The van der Waals surface area contributed by atoms with Gasteiger partial charge in [-0.3, -0.25) is 0 Å². The van der Waals surface area contributed by atoms with Crippen LogP contribution in [0.2, 0.25) is 0 Å². The quantitative estimate of drug-likeness (QED) is 0.873. The zero-order chi connectivity index (χ0) is 19.4. The number of carbonyl (C=O) groups excluding carboxylic acids is 1. The predicted octanol–water partition coefficient (Wildman–Crippen LogP) is 2.69. The van der Waals surface area contributed by atoms with E-state index in [4.69, 9.17) is 0 Å². The highest BCUT2D eigenvalue weighted by atomic mass is 19.1. The number of piperidine rings is 1. The van der Waals surface area contributed by atoms with E-state index in [2.05, 4.69) is 22.2 Å². The first-order valence-corrected chi connectivity index (χ1v) is 9.83. The standard InChI is InChI=1S/C20H30F2N4O/c1-15(17-11-18(21)13-19(22)12-17)23-20(27)26-5-3-16(4-6-26)14-25-9-7-24(2)8-10-25/h11-13,15-16H,3-10,14H2,1-2H3,(H,23,27)/t15-/m0/s1. The first-order chi connectivity index (χ1) is 12.9. The summed E-state index contributed by atoms with van der Waals surface area (Å²) in [6, 6.07) is 2.76. The average molecular weight is 380 g/mol. The van der Waals surface area contributed by atoms with Gasteiger partial charge in [-0.1, -0.05) is 0 Å². The van der Waals surface area contributed by atoms with Gasteiger partial charge in [-0.2, -0.15) is 0 Å². The lowest BCUT2D eigenvalue weighted by molar-refractivity contribution is 0.110. The van der Waals surface area contributed by atoms with Crippen LogP contribution in [0.3, 0.4) is 0 Å². The molecular formula is C20H30F2N4O. The van der Waals surface area contributed by atoms with Crippen LogP contribution in [0.25, 0.3) is 0 Å². The Morgan fingerprint density at radius 3 is 2.26 bits per heavy atom. The van der Waals surface area contributed by atoms with Gasteiger partial charge < -0.3 is 20.0 Å². The number of nitrogens with one attached hydrogen (secondary N) is 1. The number of halogens is 2. The number of piperazine rings is 1. The first-order valence-electron chi connectivity index (χ1n) is 9.83. The topological polar surface area (TPSA) is 38.8 Å². The number of benzene rings is 1. The summed E-state index contributed by atoms with van der Waals surface area (Å²) in [4.78, 5) is 19.2. The predicted molar refractivity (Wildman–Crippen MR) is 102 cm³/mol. The number of likely N-dealkylation sites (tertiary alicyclic amines) is 1. The van der Waals surface area contributed by atoms with Gasteiger partial charge in [0.25, 0.3) is 0 Å². The summed E-state index contributed by atoms with van der Waals surface area (Å²) < 4.78 is 26.7. The minimum absolute atomic E-state index is 0.162. The van der Waals surface area contributed by atoms with Crippen molar-refractivity contribution in [3.05, 3.63) is 35.4 Å². The number of likely N-dealkylation sites (N-methyl/N-ethyl adjacent to an activating group) is 1. The number of nitrogens with zero attached hydrogens (tertiary/aromatic N) is 3. The lowest BCUT2D eigenvalue weighted by atomic mass is 9.96. The van der Waals surface area contributed by atoms with Gasteiger partial charge in [-0.05, 0) is 50.4 Å². The lowest BCUT2D eigenvalue weighted by Gasteiger charge is -2.38. The maximum Gasteiger partial charge on any atom is 0.317 e. The summed E-state index contributed by atoms with van der Waals surface area (Å²) in [7, 11) is 2.16. The third kappa shape index (κ3) is 5.62. The van der Waals surface area contributed by atoms with Crippen LogP contribution in [0.1, 0.15) is 31.4 Å². The van der Waals surface area contributed by atoms with Crippen LogP contribution in [0, 0.1) is 17.6 Å². The van der Waals surface area contributed by atoms with Gasteiger partial charge in [0.1, 0.15) is 11.6 Å². The SMILES string of the molecule is C[C@H](NC(=O)N1CCC(CN2CCN(C)CC2)CC1)c1cc(F)cc(F)c1. The van der Waals surface area contributed by atoms with Crippen molar-refractivity contribution in [3.8, 4) is 0 Å². The third-order valence-corrected chi connectivity index (χ3v) is 5.74. The van der Waals surface area contributed by atoms with Crippen LogP contribution in [0.5, 0.6) is 0 Å². The Bertz CT molecular complexity index is 621. The van der Waals surface area contributed by atoms with E-state index in [0.717, 1.165) is 64.7 Å². The summed E-state index contributed by atoms with van der Waals surface area (Å²) >= 11 is 0. The molecule has 5 nitrogen and oxygen atoms in total. The Morgan fingerprint density at radius 1 is 1.07 bits per heavy atom. The molecule has 2 aliphatic rings. The summed E-state index contributed by atoms with van der Waals surface area (Å²) in [5.41, 5.74) is 0.436. The second-order valence-electron chi connectivity index (χ2n) is 7.91. The molecule has 0 radical (unpaired) electrons. The van der Waals surface area contributed by atoms with Crippen molar-refractivity contribution >= 4 is 6.03 Å². The minimum atomic E-state index is -0.629. The van der Waals surface area contributed by atoms with Gasteiger partial charge in [0, 0.05) is 51.9 Å². The molecule has 7 heteroatoms. The van der Waals surface area contributed by atoms with Crippen molar-refractivity contribution in [2.75, 3.05) is 52.9 Å². The highest BCUT2D eigenvalue weighted by Crippen LogP contribution is 2.21. The van der Waals surface area contributed by atoms with Crippen molar-refractivity contribution in [1.82, 2.24) is 20.0 Å².